The third-order valence-electron chi connectivity index (χ3n) is 4.33. The lowest BCUT2D eigenvalue weighted by molar-refractivity contribution is 0.206. The first-order valence-electron chi connectivity index (χ1n) is 8.40. The van der Waals surface area contributed by atoms with Crippen molar-refractivity contribution in [2.75, 3.05) is 5.43 Å². The van der Waals surface area contributed by atoms with E-state index in [-0.39, 0.29) is 6.10 Å². The van der Waals surface area contributed by atoms with Crippen LogP contribution < -0.4 is 10.2 Å². The summed E-state index contributed by atoms with van der Waals surface area (Å²) in [6, 6.07) is 21.2. The van der Waals surface area contributed by atoms with Gasteiger partial charge in [-0.05, 0) is 29.8 Å². The monoisotopic (exact) mass is 416 g/mol. The molecule has 0 amide bonds. The molecule has 1 unspecified atom stereocenters. The van der Waals surface area contributed by atoms with E-state index in [1.165, 1.54) is 0 Å². The lowest BCUT2D eigenvalue weighted by Crippen LogP contribution is -2.21. The largest absolute Gasteiger partial charge is 0.485 e. The third kappa shape index (κ3) is 3.91. The Kier molecular flexibility index (Phi) is 5.26. The molecule has 0 radical (unpaired) electrons. The molecule has 0 bridgehead atoms. The van der Waals surface area contributed by atoms with Gasteiger partial charge in [-0.25, -0.2) is 0 Å². The molecule has 1 N–H and O–H groups in total. The van der Waals surface area contributed by atoms with Crippen LogP contribution in [0.2, 0.25) is 15.1 Å². The summed E-state index contributed by atoms with van der Waals surface area (Å²) >= 11 is 18.5. The molecule has 0 fully saturated rings. The number of fused-ring (bicyclic) bond motifs is 1. The fourth-order valence-corrected chi connectivity index (χ4v) is 3.92. The summed E-state index contributed by atoms with van der Waals surface area (Å²) in [5.74, 6) is 0.798. The van der Waals surface area contributed by atoms with Gasteiger partial charge in [0.1, 0.15) is 11.9 Å². The number of rotatable bonds is 3. The molecule has 1 atom stereocenters. The van der Waals surface area contributed by atoms with Gasteiger partial charge < -0.3 is 4.74 Å². The minimum atomic E-state index is -0.113. The molecular formula is C21H15Cl3N2O. The number of hydrogen-bond acceptors (Lipinski definition) is 3. The normalized spacial score (nSPS) is 17.3. The highest BCUT2D eigenvalue weighted by Crippen LogP contribution is 2.37. The predicted molar refractivity (Wildman–Crippen MR) is 113 cm³/mol. The lowest BCUT2D eigenvalue weighted by Gasteiger charge is -2.27. The van der Waals surface area contributed by atoms with Crippen LogP contribution in [-0.2, 0) is 0 Å². The van der Waals surface area contributed by atoms with E-state index in [0.29, 0.717) is 27.2 Å². The van der Waals surface area contributed by atoms with Gasteiger partial charge >= 0.3 is 0 Å². The summed E-state index contributed by atoms with van der Waals surface area (Å²) in [5, 5.41) is 5.90. The van der Waals surface area contributed by atoms with Crippen LogP contribution in [0, 0.1) is 0 Å². The van der Waals surface area contributed by atoms with Crippen LogP contribution in [-0.4, -0.2) is 5.71 Å². The summed E-state index contributed by atoms with van der Waals surface area (Å²) in [5.41, 5.74) is 6.44. The van der Waals surface area contributed by atoms with Crippen molar-refractivity contribution in [3.05, 3.63) is 92.9 Å². The summed E-state index contributed by atoms with van der Waals surface area (Å²) < 4.78 is 6.19. The number of hydrazone groups is 1. The highest BCUT2D eigenvalue weighted by molar-refractivity contribution is 6.41. The smallest absolute Gasteiger partial charge is 0.129 e. The highest BCUT2D eigenvalue weighted by atomic mass is 35.5. The van der Waals surface area contributed by atoms with Crippen LogP contribution in [0.3, 0.4) is 0 Å². The second-order valence-corrected chi connectivity index (χ2v) is 7.38. The van der Waals surface area contributed by atoms with Crippen LogP contribution in [0.15, 0.2) is 71.8 Å². The molecule has 0 spiro atoms. The van der Waals surface area contributed by atoms with Crippen molar-refractivity contribution in [2.24, 2.45) is 5.10 Å². The van der Waals surface area contributed by atoms with Crippen LogP contribution in [0.4, 0.5) is 5.69 Å². The van der Waals surface area contributed by atoms with Crippen molar-refractivity contribution in [1.82, 2.24) is 0 Å². The molecule has 136 valence electrons. The molecule has 4 rings (SSSR count). The summed E-state index contributed by atoms with van der Waals surface area (Å²) in [6.45, 7) is 0. The second-order valence-electron chi connectivity index (χ2n) is 6.13. The molecule has 3 aromatic carbocycles. The van der Waals surface area contributed by atoms with Crippen molar-refractivity contribution < 1.29 is 4.74 Å². The molecule has 3 aromatic rings. The summed E-state index contributed by atoms with van der Waals surface area (Å²) in [7, 11) is 0. The first-order valence-corrected chi connectivity index (χ1v) is 9.53. The number of anilines is 1. The van der Waals surface area contributed by atoms with Gasteiger partial charge in [0.25, 0.3) is 0 Å². The number of nitrogens with one attached hydrogen (secondary N) is 1. The van der Waals surface area contributed by atoms with Gasteiger partial charge in [0, 0.05) is 17.0 Å². The SMILES string of the molecule is Clc1cc(Cl)c(NN=C2CC(c3ccccc3)Oc3ccccc32)c(Cl)c1. The molecule has 1 aliphatic heterocycles. The van der Waals surface area contributed by atoms with Gasteiger partial charge in [-0.15, -0.1) is 0 Å². The van der Waals surface area contributed by atoms with E-state index in [1.54, 1.807) is 12.1 Å². The minimum absolute atomic E-state index is 0.113. The van der Waals surface area contributed by atoms with Crippen LogP contribution >= 0.6 is 34.8 Å². The topological polar surface area (TPSA) is 33.6 Å². The van der Waals surface area contributed by atoms with Gasteiger partial charge in [0.15, 0.2) is 0 Å². The van der Waals surface area contributed by atoms with Crippen molar-refractivity contribution in [3.8, 4) is 5.75 Å². The van der Waals surface area contributed by atoms with Crippen LogP contribution in [0.1, 0.15) is 23.7 Å². The van der Waals surface area contributed by atoms with E-state index >= 15 is 0 Å². The van der Waals surface area contributed by atoms with E-state index in [0.717, 1.165) is 22.6 Å². The quantitative estimate of drug-likeness (QED) is 0.466. The first-order chi connectivity index (χ1) is 13.1. The van der Waals surface area contributed by atoms with Gasteiger partial charge in [-0.3, -0.25) is 5.43 Å². The standard InChI is InChI=1S/C21H15Cl3N2O/c22-14-10-16(23)21(17(24)11-14)26-25-18-12-20(13-6-2-1-3-7-13)27-19-9-5-4-8-15(18)19/h1-11,20,26H,12H2. The zero-order chi connectivity index (χ0) is 18.8. The Bertz CT molecular complexity index is 982. The Morgan fingerprint density at radius 1 is 0.889 bits per heavy atom. The Morgan fingerprint density at radius 3 is 2.30 bits per heavy atom. The minimum Gasteiger partial charge on any atom is -0.485 e. The van der Waals surface area contributed by atoms with Gasteiger partial charge in [0.05, 0.1) is 21.4 Å². The number of benzene rings is 3. The predicted octanol–water partition coefficient (Wildman–Crippen LogP) is 6.99. The summed E-state index contributed by atoms with van der Waals surface area (Å²) in [6.07, 6.45) is 0.509. The molecule has 0 saturated carbocycles. The van der Waals surface area contributed by atoms with Crippen molar-refractivity contribution in [3.63, 3.8) is 0 Å². The van der Waals surface area contributed by atoms with E-state index in [9.17, 15) is 0 Å². The van der Waals surface area contributed by atoms with E-state index in [2.05, 4.69) is 22.7 Å². The lowest BCUT2D eigenvalue weighted by atomic mass is 9.96. The second kappa shape index (κ2) is 7.81. The maximum absolute atomic E-state index is 6.25. The average molecular weight is 418 g/mol. The summed E-state index contributed by atoms with van der Waals surface area (Å²) in [4.78, 5) is 0. The first kappa shape index (κ1) is 18.2. The molecule has 6 heteroatoms. The highest BCUT2D eigenvalue weighted by Gasteiger charge is 2.26. The Labute approximate surface area is 172 Å². The van der Waals surface area contributed by atoms with E-state index in [4.69, 9.17) is 39.5 Å². The third-order valence-corrected chi connectivity index (χ3v) is 5.14. The van der Waals surface area contributed by atoms with Gasteiger partial charge in [0.2, 0.25) is 0 Å². The molecular weight excluding hydrogens is 403 g/mol. The molecule has 0 saturated heterocycles. The van der Waals surface area contributed by atoms with Gasteiger partial charge in [-0.1, -0.05) is 77.3 Å². The maximum Gasteiger partial charge on any atom is 0.129 e. The number of para-hydroxylation sites is 1. The van der Waals surface area contributed by atoms with Crippen LogP contribution in [0.5, 0.6) is 5.75 Å². The average Bonchev–Trinajstić information content (AvgIpc) is 2.67. The zero-order valence-corrected chi connectivity index (χ0v) is 16.4. The maximum atomic E-state index is 6.25. The van der Waals surface area contributed by atoms with Crippen molar-refractivity contribution in [2.45, 2.75) is 12.5 Å². The fraction of sp³-hybridized carbons (Fsp3) is 0.0952. The number of halogens is 3. The molecule has 27 heavy (non-hydrogen) atoms. The molecule has 1 heterocycles. The number of nitrogens with zero attached hydrogens (tertiary/aromatic N) is 1. The molecule has 3 nitrogen and oxygen atoms in total. The fourth-order valence-electron chi connectivity index (χ4n) is 3.02. The molecule has 0 aromatic heterocycles. The van der Waals surface area contributed by atoms with Crippen molar-refractivity contribution in [1.29, 1.82) is 0 Å². The molecule has 0 aliphatic carbocycles. The van der Waals surface area contributed by atoms with Gasteiger partial charge in [-0.2, -0.15) is 5.10 Å². The number of ether oxygens (including phenoxy) is 1. The molecule has 1 aliphatic rings. The van der Waals surface area contributed by atoms with Crippen LogP contribution in [0.25, 0.3) is 0 Å². The van der Waals surface area contributed by atoms with E-state index < -0.39 is 0 Å². The Balaban J connectivity index is 1.69. The van der Waals surface area contributed by atoms with Crippen molar-refractivity contribution >= 4 is 46.2 Å². The number of hydrogen-bond donors (Lipinski definition) is 1. The Morgan fingerprint density at radius 2 is 1.56 bits per heavy atom. The van der Waals surface area contributed by atoms with E-state index in [1.807, 2.05) is 42.5 Å². The zero-order valence-electron chi connectivity index (χ0n) is 14.1. The Hall–Kier alpha value is -2.20.